The van der Waals surface area contributed by atoms with Crippen LogP contribution in [0.2, 0.25) is 0 Å². The van der Waals surface area contributed by atoms with E-state index in [1.165, 1.54) is 28.6 Å². The normalized spacial score (nSPS) is 13.1. The van der Waals surface area contributed by atoms with Gasteiger partial charge < -0.3 is 9.73 Å². The van der Waals surface area contributed by atoms with E-state index in [0.717, 1.165) is 5.76 Å². The Morgan fingerprint density at radius 1 is 1.11 bits per heavy atom. The summed E-state index contributed by atoms with van der Waals surface area (Å²) < 4.78 is 31.8. The third-order valence-electron chi connectivity index (χ3n) is 4.41. The molecule has 0 radical (unpaired) electrons. The molecule has 1 atom stereocenters. The van der Waals surface area contributed by atoms with Gasteiger partial charge in [-0.1, -0.05) is 13.8 Å². The first-order valence-electron chi connectivity index (χ1n) is 8.89. The molecule has 0 saturated carbocycles. The van der Waals surface area contributed by atoms with Gasteiger partial charge in [0.1, 0.15) is 5.76 Å². The summed E-state index contributed by atoms with van der Waals surface area (Å²) in [5, 5.41) is 2.87. The van der Waals surface area contributed by atoms with Gasteiger partial charge in [0.05, 0.1) is 17.2 Å². The minimum atomic E-state index is -3.53. The fourth-order valence-electron chi connectivity index (χ4n) is 2.80. The fourth-order valence-corrected chi connectivity index (χ4v) is 4.26. The standard InChI is InChI=1S/C19H27N3O4S/c1-5-22(6-2)27(24,25)16-11-9-15(10-12-16)19(23)20-14-17(21(3)4)18-8-7-13-26-18/h7-13,17H,5-6,14H2,1-4H3,(H,20,23). The summed E-state index contributed by atoms with van der Waals surface area (Å²) in [6.45, 7) is 4.77. The summed E-state index contributed by atoms with van der Waals surface area (Å²) in [7, 11) is 0.290. The lowest BCUT2D eigenvalue weighted by molar-refractivity contribution is 0.0939. The summed E-state index contributed by atoms with van der Waals surface area (Å²) in [6, 6.07) is 9.59. The molecule has 1 aromatic heterocycles. The number of amides is 1. The molecule has 1 heterocycles. The molecule has 0 aliphatic carbocycles. The van der Waals surface area contributed by atoms with Crippen molar-refractivity contribution in [2.75, 3.05) is 33.7 Å². The first kappa shape index (κ1) is 21.1. The van der Waals surface area contributed by atoms with Gasteiger partial charge in [-0.2, -0.15) is 4.31 Å². The zero-order valence-corrected chi connectivity index (χ0v) is 17.0. The average molecular weight is 394 g/mol. The summed E-state index contributed by atoms with van der Waals surface area (Å²) in [4.78, 5) is 14.6. The van der Waals surface area contributed by atoms with Crippen molar-refractivity contribution in [1.82, 2.24) is 14.5 Å². The van der Waals surface area contributed by atoms with Crippen molar-refractivity contribution in [3.05, 3.63) is 54.0 Å². The summed E-state index contributed by atoms with van der Waals surface area (Å²) in [5.74, 6) is 0.501. The van der Waals surface area contributed by atoms with E-state index in [0.29, 0.717) is 25.2 Å². The van der Waals surface area contributed by atoms with Gasteiger partial charge in [-0.05, 0) is 50.5 Å². The molecule has 2 aromatic rings. The second kappa shape index (κ2) is 9.16. The Bertz CT molecular complexity index is 826. The van der Waals surface area contributed by atoms with Crippen LogP contribution >= 0.6 is 0 Å². The number of carbonyl (C=O) groups is 1. The van der Waals surface area contributed by atoms with E-state index in [2.05, 4.69) is 5.32 Å². The van der Waals surface area contributed by atoms with Gasteiger partial charge >= 0.3 is 0 Å². The first-order valence-corrected chi connectivity index (χ1v) is 10.3. The number of hydrogen-bond acceptors (Lipinski definition) is 5. The van der Waals surface area contributed by atoms with E-state index in [-0.39, 0.29) is 16.8 Å². The third kappa shape index (κ3) is 4.97. The van der Waals surface area contributed by atoms with Crippen molar-refractivity contribution in [1.29, 1.82) is 0 Å². The molecule has 7 nitrogen and oxygen atoms in total. The molecular formula is C19H27N3O4S. The molecule has 1 aromatic carbocycles. The number of sulfonamides is 1. The van der Waals surface area contributed by atoms with E-state index >= 15 is 0 Å². The van der Waals surface area contributed by atoms with Crippen LogP contribution in [0.5, 0.6) is 0 Å². The minimum absolute atomic E-state index is 0.0914. The highest BCUT2D eigenvalue weighted by Gasteiger charge is 2.22. The zero-order valence-electron chi connectivity index (χ0n) is 16.2. The maximum absolute atomic E-state index is 12.5. The van der Waals surface area contributed by atoms with E-state index < -0.39 is 10.0 Å². The van der Waals surface area contributed by atoms with Crippen molar-refractivity contribution in [3.8, 4) is 0 Å². The highest BCUT2D eigenvalue weighted by molar-refractivity contribution is 7.89. The molecule has 1 unspecified atom stereocenters. The second-order valence-electron chi connectivity index (χ2n) is 6.32. The van der Waals surface area contributed by atoms with Crippen LogP contribution in [0.4, 0.5) is 0 Å². The molecule has 27 heavy (non-hydrogen) atoms. The molecule has 0 saturated heterocycles. The summed E-state index contributed by atoms with van der Waals surface area (Å²) >= 11 is 0. The average Bonchev–Trinajstić information content (AvgIpc) is 3.16. The number of furan rings is 1. The van der Waals surface area contributed by atoms with Gasteiger partial charge in [0, 0.05) is 25.2 Å². The SMILES string of the molecule is CCN(CC)S(=O)(=O)c1ccc(C(=O)NCC(c2ccco2)N(C)C)cc1. The summed E-state index contributed by atoms with van der Waals surface area (Å²) in [5.41, 5.74) is 0.408. The predicted octanol–water partition coefficient (Wildman–Crippen LogP) is 2.34. The van der Waals surface area contributed by atoms with Crippen molar-refractivity contribution in [2.24, 2.45) is 0 Å². The fraction of sp³-hybridized carbons (Fsp3) is 0.421. The number of rotatable bonds is 9. The smallest absolute Gasteiger partial charge is 0.251 e. The maximum atomic E-state index is 12.5. The highest BCUT2D eigenvalue weighted by atomic mass is 32.2. The second-order valence-corrected chi connectivity index (χ2v) is 8.26. The predicted molar refractivity (Wildman–Crippen MR) is 104 cm³/mol. The number of likely N-dealkylation sites (N-methyl/N-ethyl adjacent to an activating group) is 1. The number of carbonyl (C=O) groups excluding carboxylic acids is 1. The van der Waals surface area contributed by atoms with Crippen LogP contribution in [0.15, 0.2) is 52.0 Å². The molecule has 0 fully saturated rings. The molecule has 8 heteroatoms. The van der Waals surface area contributed by atoms with Crippen molar-refractivity contribution in [3.63, 3.8) is 0 Å². The molecule has 0 bridgehead atoms. The van der Waals surface area contributed by atoms with E-state index in [9.17, 15) is 13.2 Å². The Morgan fingerprint density at radius 3 is 2.22 bits per heavy atom. The molecule has 1 amide bonds. The van der Waals surface area contributed by atoms with Gasteiger partial charge in [0.2, 0.25) is 10.0 Å². The van der Waals surface area contributed by atoms with Crippen LogP contribution in [0.1, 0.15) is 36.0 Å². The van der Waals surface area contributed by atoms with E-state index in [1.54, 1.807) is 20.1 Å². The van der Waals surface area contributed by atoms with Crippen molar-refractivity contribution < 1.29 is 17.6 Å². The van der Waals surface area contributed by atoms with Crippen LogP contribution in [0, 0.1) is 0 Å². The lowest BCUT2D eigenvalue weighted by Crippen LogP contribution is -2.34. The molecule has 0 aliphatic rings. The van der Waals surface area contributed by atoms with Crippen molar-refractivity contribution in [2.45, 2.75) is 24.8 Å². The van der Waals surface area contributed by atoms with Gasteiger partial charge in [-0.25, -0.2) is 8.42 Å². The number of nitrogens with zero attached hydrogens (tertiary/aromatic N) is 2. The summed E-state index contributed by atoms with van der Waals surface area (Å²) in [6.07, 6.45) is 1.60. The van der Waals surface area contributed by atoms with Gasteiger partial charge in [0.15, 0.2) is 0 Å². The van der Waals surface area contributed by atoms with Gasteiger partial charge in [-0.3, -0.25) is 9.69 Å². The molecule has 2 rings (SSSR count). The van der Waals surface area contributed by atoms with E-state index in [1.807, 2.05) is 31.1 Å². The molecular weight excluding hydrogens is 366 g/mol. The minimum Gasteiger partial charge on any atom is -0.468 e. The molecule has 0 aliphatic heterocycles. The number of benzene rings is 1. The monoisotopic (exact) mass is 393 g/mol. The lowest BCUT2D eigenvalue weighted by atomic mass is 10.2. The lowest BCUT2D eigenvalue weighted by Gasteiger charge is -2.22. The highest BCUT2D eigenvalue weighted by Crippen LogP contribution is 2.19. The number of hydrogen-bond donors (Lipinski definition) is 1. The third-order valence-corrected chi connectivity index (χ3v) is 6.47. The topological polar surface area (TPSA) is 82.9 Å². The zero-order chi connectivity index (χ0) is 20.0. The van der Waals surface area contributed by atoms with Crippen LogP contribution < -0.4 is 5.32 Å². The van der Waals surface area contributed by atoms with Crippen LogP contribution in [0.3, 0.4) is 0 Å². The Labute approximate surface area is 161 Å². The van der Waals surface area contributed by atoms with Crippen LogP contribution in [-0.2, 0) is 10.0 Å². The van der Waals surface area contributed by atoms with Crippen molar-refractivity contribution >= 4 is 15.9 Å². The first-order chi connectivity index (χ1) is 12.8. The number of nitrogens with one attached hydrogen (secondary N) is 1. The Balaban J connectivity index is 2.07. The van der Waals surface area contributed by atoms with Crippen LogP contribution in [-0.4, -0.2) is 57.3 Å². The van der Waals surface area contributed by atoms with Gasteiger partial charge in [0.25, 0.3) is 5.91 Å². The van der Waals surface area contributed by atoms with Crippen LogP contribution in [0.25, 0.3) is 0 Å². The van der Waals surface area contributed by atoms with Gasteiger partial charge in [-0.15, -0.1) is 0 Å². The Morgan fingerprint density at radius 2 is 1.74 bits per heavy atom. The molecule has 148 valence electrons. The molecule has 0 spiro atoms. The Hall–Kier alpha value is -2.16. The Kier molecular flexibility index (Phi) is 7.18. The van der Waals surface area contributed by atoms with E-state index in [4.69, 9.17) is 4.42 Å². The quantitative estimate of drug-likeness (QED) is 0.707. The molecule has 1 N–H and O–H groups in total. The maximum Gasteiger partial charge on any atom is 0.251 e. The largest absolute Gasteiger partial charge is 0.468 e.